The Hall–Kier alpha value is -2.85. The molecule has 0 bridgehead atoms. The van der Waals surface area contributed by atoms with E-state index in [1.165, 1.54) is 39.3 Å². The van der Waals surface area contributed by atoms with Gasteiger partial charge in [-0.05, 0) is 43.0 Å². The second-order valence-corrected chi connectivity index (χ2v) is 13.7. The predicted molar refractivity (Wildman–Crippen MR) is 185 cm³/mol. The summed E-state index contributed by atoms with van der Waals surface area (Å²) in [7, 11) is 0. The smallest absolute Gasteiger partial charge is 0.269 e. The minimum atomic E-state index is -0.0810. The Labute approximate surface area is 265 Å². The van der Waals surface area contributed by atoms with Gasteiger partial charge >= 0.3 is 0 Å². The van der Waals surface area contributed by atoms with Gasteiger partial charge in [-0.2, -0.15) is 0 Å². The third-order valence-corrected chi connectivity index (χ3v) is 11.1. The summed E-state index contributed by atoms with van der Waals surface area (Å²) in [4.78, 5) is 32.9. The van der Waals surface area contributed by atoms with Crippen molar-refractivity contribution in [1.82, 2.24) is 14.4 Å². The van der Waals surface area contributed by atoms with Gasteiger partial charge in [0.05, 0.1) is 15.3 Å². The predicted octanol–water partition coefficient (Wildman–Crippen LogP) is 6.70. The number of benzene rings is 2. The lowest BCUT2D eigenvalue weighted by Crippen LogP contribution is -2.34. The van der Waals surface area contributed by atoms with Crippen LogP contribution in [-0.4, -0.2) is 37.7 Å². The van der Waals surface area contributed by atoms with Crippen molar-refractivity contribution in [2.45, 2.75) is 53.0 Å². The highest BCUT2D eigenvalue weighted by molar-refractivity contribution is 8.30. The number of amides is 1. The Kier molecular flexibility index (Phi) is 10.3. The highest BCUT2D eigenvalue weighted by Crippen LogP contribution is 2.50. The van der Waals surface area contributed by atoms with Crippen LogP contribution in [0.4, 0.5) is 0 Å². The lowest BCUT2D eigenvalue weighted by Gasteiger charge is -2.21. The molecule has 9 heteroatoms. The molecule has 1 aromatic heterocycles. The fraction of sp³-hybridized carbons (Fsp3) is 0.303. The first kappa shape index (κ1) is 30.6. The molecule has 3 aromatic rings. The van der Waals surface area contributed by atoms with Gasteiger partial charge in [-0.15, -0.1) is 11.3 Å². The average molecular weight is 634 g/mol. The van der Waals surface area contributed by atoms with Crippen LogP contribution in [0.3, 0.4) is 0 Å². The first-order valence-corrected chi connectivity index (χ1v) is 17.3. The van der Waals surface area contributed by atoms with Crippen molar-refractivity contribution >= 4 is 78.9 Å². The van der Waals surface area contributed by atoms with E-state index in [1.54, 1.807) is 21.2 Å². The van der Waals surface area contributed by atoms with E-state index in [4.69, 9.17) is 12.2 Å². The van der Waals surface area contributed by atoms with Crippen molar-refractivity contribution < 1.29 is 4.79 Å². The first-order valence-electron chi connectivity index (χ1n) is 14.5. The molecule has 1 fully saturated rings. The molecule has 0 atom stereocenters. The Morgan fingerprint density at radius 1 is 0.762 bits per heavy atom. The summed E-state index contributed by atoms with van der Waals surface area (Å²) < 4.78 is 3.70. The second-order valence-electron chi connectivity index (χ2n) is 10.0. The number of thioether (sulfide) groups is 2. The number of allylic oxidation sites excluding steroid dienone is 1. The van der Waals surface area contributed by atoms with Gasteiger partial charge in [-0.25, -0.2) is 0 Å². The Morgan fingerprint density at radius 2 is 1.40 bits per heavy atom. The summed E-state index contributed by atoms with van der Waals surface area (Å²) in [5, 5.41) is 1.07. The molecule has 218 valence electrons. The lowest BCUT2D eigenvalue weighted by atomic mass is 10.1. The van der Waals surface area contributed by atoms with E-state index in [1.807, 2.05) is 18.2 Å². The molecule has 0 unspecified atom stereocenters. The zero-order valence-corrected chi connectivity index (χ0v) is 27.4. The molecule has 42 heavy (non-hydrogen) atoms. The molecule has 2 aliphatic heterocycles. The van der Waals surface area contributed by atoms with Gasteiger partial charge in [0.25, 0.3) is 11.5 Å². The van der Waals surface area contributed by atoms with E-state index in [9.17, 15) is 9.59 Å². The molecule has 5 rings (SSSR count). The van der Waals surface area contributed by atoms with Crippen LogP contribution in [-0.2, 0) is 11.3 Å². The van der Waals surface area contributed by atoms with Crippen LogP contribution in [0.15, 0.2) is 76.6 Å². The number of carbonyl (C=O) groups is 1. The highest BCUT2D eigenvalue weighted by atomic mass is 32.2. The summed E-state index contributed by atoms with van der Waals surface area (Å²) in [5.74, 6) is -0.0810. The van der Waals surface area contributed by atoms with E-state index in [0.29, 0.717) is 31.5 Å². The number of aromatic nitrogens is 1. The van der Waals surface area contributed by atoms with Crippen molar-refractivity contribution in [3.63, 3.8) is 0 Å². The average Bonchev–Trinajstić information content (AvgIpc) is 3.64. The number of carbonyl (C=O) groups excluding carboxylic acids is 1. The van der Waals surface area contributed by atoms with Crippen molar-refractivity contribution in [1.29, 1.82) is 0 Å². The zero-order valence-electron chi connectivity index (χ0n) is 24.2. The topological polar surface area (TPSA) is 45.6 Å². The molecule has 5 nitrogen and oxygen atoms in total. The number of thiocarbonyl (C=S) groups is 1. The summed E-state index contributed by atoms with van der Waals surface area (Å²) in [6.45, 7) is 8.35. The number of hydrogen-bond donors (Lipinski definition) is 0. The molecule has 0 saturated carbocycles. The molecule has 2 aliphatic rings. The van der Waals surface area contributed by atoms with Crippen LogP contribution in [0, 0.1) is 0 Å². The Bertz CT molecular complexity index is 1700. The van der Waals surface area contributed by atoms with Crippen molar-refractivity contribution in [3.05, 3.63) is 102 Å². The summed E-state index contributed by atoms with van der Waals surface area (Å²) in [6.07, 6.45) is 7.69. The van der Waals surface area contributed by atoms with Gasteiger partial charge in [0, 0.05) is 24.5 Å². The maximum atomic E-state index is 13.7. The minimum Gasteiger partial charge on any atom is -0.335 e. The van der Waals surface area contributed by atoms with E-state index in [0.717, 1.165) is 42.8 Å². The number of hydrogen-bond acceptors (Lipinski definition) is 7. The maximum absolute atomic E-state index is 13.7. The molecule has 2 aromatic carbocycles. The van der Waals surface area contributed by atoms with Crippen LogP contribution in [0.25, 0.3) is 21.6 Å². The van der Waals surface area contributed by atoms with Crippen molar-refractivity contribution in [2.24, 2.45) is 0 Å². The molecule has 1 amide bonds. The number of thiazole rings is 1. The van der Waals surface area contributed by atoms with E-state index in [-0.39, 0.29) is 11.5 Å². The molecule has 3 heterocycles. The highest BCUT2D eigenvalue weighted by Gasteiger charge is 2.34. The first-order chi connectivity index (χ1) is 20.5. The minimum absolute atomic E-state index is 0.0512. The third-order valence-electron chi connectivity index (χ3n) is 7.16. The summed E-state index contributed by atoms with van der Waals surface area (Å²) in [5.41, 5.74) is 3.45. The normalized spacial score (nSPS) is 18.4. The summed E-state index contributed by atoms with van der Waals surface area (Å²) >= 11 is 10.0. The van der Waals surface area contributed by atoms with Crippen molar-refractivity contribution in [2.75, 3.05) is 13.1 Å². The zero-order chi connectivity index (χ0) is 29.6. The van der Waals surface area contributed by atoms with Gasteiger partial charge < -0.3 is 4.90 Å². The van der Waals surface area contributed by atoms with Crippen LogP contribution < -0.4 is 14.8 Å². The molecule has 0 spiro atoms. The Morgan fingerprint density at radius 3 is 2.05 bits per heavy atom. The van der Waals surface area contributed by atoms with Gasteiger partial charge in [0.2, 0.25) is 0 Å². The molecule has 0 radical (unpaired) electrons. The van der Waals surface area contributed by atoms with Crippen LogP contribution in [0.2, 0.25) is 0 Å². The van der Waals surface area contributed by atoms with E-state index < -0.39 is 0 Å². The molecular weight excluding hydrogens is 599 g/mol. The van der Waals surface area contributed by atoms with Crippen LogP contribution >= 0.6 is 47.1 Å². The standard InChI is InChI=1S/C33H35N3O2S4/c1-4-7-21-35-30(37)25(40-32(35)29-31(38)36(22-8-5-2)33(39)42-29)19-20-26-34(6-3)27(23-15-11-9-12-16-23)28(41-26)24-17-13-10-14-18-24/h9-20H,4-8,21-22H2,1-3H3/b25-19+,26-20-,32-29-. The SMILES string of the molecule is CCCCN1C(=O)/C(=c2/s/c(=C/C=C3\SC(c4ccccc4)=C(c4ccccc4)N3CC)c(=O)n2CCCC)SC1=S. The molecule has 1 saturated heterocycles. The largest absolute Gasteiger partial charge is 0.335 e. The fourth-order valence-corrected chi connectivity index (χ4v) is 8.74. The van der Waals surface area contributed by atoms with Gasteiger partial charge in [0.15, 0.2) is 0 Å². The number of rotatable bonds is 10. The monoisotopic (exact) mass is 633 g/mol. The quantitative estimate of drug-likeness (QED) is 0.232. The molecule has 0 aliphatic carbocycles. The van der Waals surface area contributed by atoms with Gasteiger partial charge in [0.1, 0.15) is 13.9 Å². The molecule has 0 N–H and O–H groups in total. The van der Waals surface area contributed by atoms with E-state index in [2.05, 4.69) is 80.3 Å². The van der Waals surface area contributed by atoms with Crippen LogP contribution in [0.5, 0.6) is 0 Å². The fourth-order valence-electron chi connectivity index (χ4n) is 4.95. The second kappa shape index (κ2) is 14.1. The molecular formula is C33H35N3O2S4. The van der Waals surface area contributed by atoms with Gasteiger partial charge in [-0.1, -0.05) is 123 Å². The van der Waals surface area contributed by atoms with Gasteiger partial charge in [-0.3, -0.25) is 19.1 Å². The summed E-state index contributed by atoms with van der Waals surface area (Å²) in [6, 6.07) is 20.9. The van der Waals surface area contributed by atoms with E-state index >= 15 is 0 Å². The number of nitrogens with zero attached hydrogens (tertiary/aromatic N) is 3. The number of unbranched alkanes of at least 4 members (excludes halogenated alkanes) is 2. The third kappa shape index (κ3) is 6.25. The lowest BCUT2D eigenvalue weighted by molar-refractivity contribution is -0.120. The maximum Gasteiger partial charge on any atom is 0.269 e. The Balaban J connectivity index is 1.60. The van der Waals surface area contributed by atoms with Crippen molar-refractivity contribution in [3.8, 4) is 0 Å². The van der Waals surface area contributed by atoms with Crippen LogP contribution in [0.1, 0.15) is 57.6 Å².